The first-order valence-corrected chi connectivity index (χ1v) is 6.45. The third kappa shape index (κ3) is 2.88. The van der Waals surface area contributed by atoms with E-state index < -0.39 is 0 Å². The SMILES string of the molecule is CC(C)C(CBr)c1ccc(Cl)c(Cl)c1. The summed E-state index contributed by atoms with van der Waals surface area (Å²) in [6.07, 6.45) is 0. The lowest BCUT2D eigenvalue weighted by atomic mass is 9.90. The topological polar surface area (TPSA) is 0 Å². The summed E-state index contributed by atoms with van der Waals surface area (Å²) < 4.78 is 0. The standard InChI is InChI=1S/C11H13BrCl2/c1-7(2)9(6-12)8-3-4-10(13)11(14)5-8/h3-5,7,9H,6H2,1-2H3. The fraction of sp³-hybridized carbons (Fsp3) is 0.455. The largest absolute Gasteiger partial charge is 0.0921 e. The molecule has 0 amide bonds. The van der Waals surface area contributed by atoms with Gasteiger partial charge in [0.2, 0.25) is 0 Å². The zero-order chi connectivity index (χ0) is 10.7. The Bertz CT molecular complexity index is 310. The maximum absolute atomic E-state index is 5.97. The Balaban J connectivity index is 3.00. The van der Waals surface area contributed by atoms with Crippen LogP contribution >= 0.6 is 39.1 Å². The fourth-order valence-electron chi connectivity index (χ4n) is 1.40. The molecule has 0 saturated heterocycles. The number of hydrogen-bond donors (Lipinski definition) is 0. The molecule has 0 bridgehead atoms. The van der Waals surface area contributed by atoms with Gasteiger partial charge < -0.3 is 0 Å². The van der Waals surface area contributed by atoms with E-state index in [9.17, 15) is 0 Å². The van der Waals surface area contributed by atoms with Crippen LogP contribution in [0.1, 0.15) is 25.3 Å². The Kier molecular flexibility index (Phi) is 4.75. The molecule has 0 N–H and O–H groups in total. The molecule has 1 aromatic rings. The van der Waals surface area contributed by atoms with Gasteiger partial charge in [-0.15, -0.1) is 0 Å². The van der Waals surface area contributed by atoms with Gasteiger partial charge in [-0.3, -0.25) is 0 Å². The zero-order valence-electron chi connectivity index (χ0n) is 8.23. The van der Waals surface area contributed by atoms with Crippen molar-refractivity contribution in [3.63, 3.8) is 0 Å². The molecule has 0 aliphatic heterocycles. The highest BCUT2D eigenvalue weighted by Crippen LogP contribution is 2.31. The number of hydrogen-bond acceptors (Lipinski definition) is 0. The van der Waals surface area contributed by atoms with Crippen LogP contribution in [0.15, 0.2) is 18.2 Å². The Hall–Kier alpha value is 0.280. The van der Waals surface area contributed by atoms with Crippen LogP contribution < -0.4 is 0 Å². The summed E-state index contributed by atoms with van der Waals surface area (Å²) in [7, 11) is 0. The van der Waals surface area contributed by atoms with Crippen LogP contribution in [0.5, 0.6) is 0 Å². The van der Waals surface area contributed by atoms with E-state index in [1.54, 1.807) is 0 Å². The molecule has 1 aromatic carbocycles. The summed E-state index contributed by atoms with van der Waals surface area (Å²) in [5.41, 5.74) is 1.24. The third-order valence-corrected chi connectivity index (χ3v) is 3.78. The zero-order valence-corrected chi connectivity index (χ0v) is 11.3. The smallest absolute Gasteiger partial charge is 0.0595 e. The van der Waals surface area contributed by atoms with Crippen LogP contribution in [0.3, 0.4) is 0 Å². The van der Waals surface area contributed by atoms with Gasteiger partial charge in [0, 0.05) is 5.33 Å². The Morgan fingerprint density at radius 2 is 1.86 bits per heavy atom. The van der Waals surface area contributed by atoms with Gasteiger partial charge in [-0.1, -0.05) is 59.0 Å². The van der Waals surface area contributed by atoms with Crippen molar-refractivity contribution in [2.24, 2.45) is 5.92 Å². The molecule has 78 valence electrons. The summed E-state index contributed by atoms with van der Waals surface area (Å²) >= 11 is 15.4. The maximum atomic E-state index is 5.97. The van der Waals surface area contributed by atoms with E-state index in [1.165, 1.54) is 5.56 Å². The van der Waals surface area contributed by atoms with Crippen LogP contribution in [-0.2, 0) is 0 Å². The van der Waals surface area contributed by atoms with Crippen LogP contribution in [0.25, 0.3) is 0 Å². The number of alkyl halides is 1. The van der Waals surface area contributed by atoms with Gasteiger partial charge >= 0.3 is 0 Å². The Morgan fingerprint density at radius 3 is 2.29 bits per heavy atom. The van der Waals surface area contributed by atoms with Crippen molar-refractivity contribution in [2.75, 3.05) is 5.33 Å². The van der Waals surface area contributed by atoms with Crippen molar-refractivity contribution < 1.29 is 0 Å². The fourth-order valence-corrected chi connectivity index (χ4v) is 2.82. The molecule has 0 nitrogen and oxygen atoms in total. The minimum atomic E-state index is 0.491. The molecule has 0 aromatic heterocycles. The Labute approximate surface area is 104 Å². The minimum Gasteiger partial charge on any atom is -0.0921 e. The predicted molar refractivity (Wildman–Crippen MR) is 67.8 cm³/mol. The van der Waals surface area contributed by atoms with E-state index >= 15 is 0 Å². The van der Waals surface area contributed by atoms with Crippen LogP contribution in [0.2, 0.25) is 10.0 Å². The summed E-state index contributed by atoms with van der Waals surface area (Å²) in [5, 5.41) is 2.20. The van der Waals surface area contributed by atoms with Crippen molar-refractivity contribution in [2.45, 2.75) is 19.8 Å². The molecule has 0 aliphatic carbocycles. The number of benzene rings is 1. The van der Waals surface area contributed by atoms with Crippen molar-refractivity contribution in [1.82, 2.24) is 0 Å². The second kappa shape index (κ2) is 5.39. The second-order valence-corrected chi connectivity index (χ2v) is 5.14. The number of halogens is 3. The molecule has 0 fully saturated rings. The highest BCUT2D eigenvalue weighted by Gasteiger charge is 2.15. The van der Waals surface area contributed by atoms with Crippen LogP contribution in [-0.4, -0.2) is 5.33 Å². The van der Waals surface area contributed by atoms with Gasteiger partial charge in [0.25, 0.3) is 0 Å². The van der Waals surface area contributed by atoms with Crippen LogP contribution in [0.4, 0.5) is 0 Å². The molecule has 0 saturated carbocycles. The van der Waals surface area contributed by atoms with Gasteiger partial charge in [0.1, 0.15) is 0 Å². The molecule has 14 heavy (non-hydrogen) atoms. The summed E-state index contributed by atoms with van der Waals surface area (Å²) in [6.45, 7) is 4.41. The summed E-state index contributed by atoms with van der Waals surface area (Å²) in [4.78, 5) is 0. The highest BCUT2D eigenvalue weighted by atomic mass is 79.9. The maximum Gasteiger partial charge on any atom is 0.0595 e. The van der Waals surface area contributed by atoms with Gasteiger partial charge in [-0.2, -0.15) is 0 Å². The molecule has 0 spiro atoms. The highest BCUT2D eigenvalue weighted by molar-refractivity contribution is 9.09. The average molecular weight is 296 g/mol. The first-order valence-electron chi connectivity index (χ1n) is 4.57. The molecular weight excluding hydrogens is 283 g/mol. The van der Waals surface area contributed by atoms with Gasteiger partial charge in [0.15, 0.2) is 0 Å². The average Bonchev–Trinajstić information content (AvgIpc) is 2.11. The Morgan fingerprint density at radius 1 is 1.21 bits per heavy atom. The summed E-state index contributed by atoms with van der Waals surface area (Å²) in [6, 6.07) is 5.85. The van der Waals surface area contributed by atoms with Crippen LogP contribution in [0, 0.1) is 5.92 Å². The van der Waals surface area contributed by atoms with E-state index in [0.717, 1.165) is 5.33 Å². The molecule has 0 aliphatic rings. The number of rotatable bonds is 3. The lowest BCUT2D eigenvalue weighted by Gasteiger charge is -2.18. The van der Waals surface area contributed by atoms with Gasteiger partial charge in [-0.25, -0.2) is 0 Å². The van der Waals surface area contributed by atoms with Crippen molar-refractivity contribution in [3.8, 4) is 0 Å². The van der Waals surface area contributed by atoms with Gasteiger partial charge in [0.05, 0.1) is 10.0 Å². The van der Waals surface area contributed by atoms with Crippen molar-refractivity contribution >= 4 is 39.1 Å². The molecule has 1 atom stereocenters. The molecular formula is C11H13BrCl2. The van der Waals surface area contributed by atoms with Gasteiger partial charge in [-0.05, 0) is 29.5 Å². The first kappa shape index (κ1) is 12.4. The molecule has 3 heteroatoms. The van der Waals surface area contributed by atoms with E-state index in [-0.39, 0.29) is 0 Å². The molecule has 0 radical (unpaired) electrons. The molecule has 0 heterocycles. The summed E-state index contributed by atoms with van der Waals surface area (Å²) in [5.74, 6) is 1.08. The van der Waals surface area contributed by atoms with Crippen molar-refractivity contribution in [1.29, 1.82) is 0 Å². The lowest BCUT2D eigenvalue weighted by molar-refractivity contribution is 0.544. The lowest BCUT2D eigenvalue weighted by Crippen LogP contribution is -2.07. The quantitative estimate of drug-likeness (QED) is 0.678. The molecule has 1 rings (SSSR count). The third-order valence-electron chi connectivity index (χ3n) is 2.34. The normalized spacial score (nSPS) is 13.3. The van der Waals surface area contributed by atoms with E-state index in [4.69, 9.17) is 23.2 Å². The van der Waals surface area contributed by atoms with E-state index in [1.807, 2.05) is 18.2 Å². The second-order valence-electron chi connectivity index (χ2n) is 3.68. The van der Waals surface area contributed by atoms with E-state index in [2.05, 4.69) is 29.8 Å². The predicted octanol–water partition coefficient (Wildman–Crippen LogP) is 5.13. The molecule has 1 unspecified atom stereocenters. The first-order chi connectivity index (χ1) is 6.56. The monoisotopic (exact) mass is 294 g/mol. The van der Waals surface area contributed by atoms with Crippen molar-refractivity contribution in [3.05, 3.63) is 33.8 Å². The van der Waals surface area contributed by atoms with E-state index in [0.29, 0.717) is 21.9 Å². The minimum absolute atomic E-state index is 0.491.